The highest BCUT2D eigenvalue weighted by Crippen LogP contribution is 2.29. The molecule has 3 aromatic carbocycles. The molecule has 154 valence electrons. The van der Waals surface area contributed by atoms with Crippen molar-refractivity contribution in [1.82, 2.24) is 0 Å². The molecule has 1 aliphatic heterocycles. The van der Waals surface area contributed by atoms with Gasteiger partial charge in [-0.1, -0.05) is 12.1 Å². The summed E-state index contributed by atoms with van der Waals surface area (Å²) in [4.78, 5) is 49.3. The molecular formula is C23H16N2O6. The molecular weight excluding hydrogens is 400 g/mol. The average Bonchev–Trinajstić information content (AvgIpc) is 3.02. The van der Waals surface area contributed by atoms with Crippen LogP contribution in [0.15, 0.2) is 66.7 Å². The third-order valence-corrected chi connectivity index (χ3v) is 4.90. The number of hydrogen-bond donors (Lipinski definition) is 0. The summed E-state index contributed by atoms with van der Waals surface area (Å²) in [5.74, 6) is -1.62. The molecule has 2 amide bonds. The number of aryl methyl sites for hydroxylation is 1. The fourth-order valence-corrected chi connectivity index (χ4v) is 3.32. The second-order valence-corrected chi connectivity index (χ2v) is 7.04. The number of hydrogen-bond acceptors (Lipinski definition) is 6. The monoisotopic (exact) mass is 416 g/mol. The van der Waals surface area contributed by atoms with Gasteiger partial charge in [0.1, 0.15) is 6.61 Å². The molecule has 1 aliphatic rings. The van der Waals surface area contributed by atoms with Crippen LogP contribution in [0.4, 0.5) is 11.4 Å². The SMILES string of the molecule is Cc1cccc(N2C(=O)c3ccc(C(=O)OCc4ccc([N+](=O)[O-])cc4)cc3C2=O)c1. The highest BCUT2D eigenvalue weighted by atomic mass is 16.6. The number of nitro benzene ring substituents is 1. The molecule has 0 aliphatic carbocycles. The molecule has 0 atom stereocenters. The maximum absolute atomic E-state index is 12.9. The lowest BCUT2D eigenvalue weighted by molar-refractivity contribution is -0.384. The van der Waals surface area contributed by atoms with E-state index in [4.69, 9.17) is 4.74 Å². The molecule has 0 N–H and O–H groups in total. The molecule has 0 saturated heterocycles. The van der Waals surface area contributed by atoms with Crippen molar-refractivity contribution in [2.45, 2.75) is 13.5 Å². The maximum atomic E-state index is 12.9. The fraction of sp³-hybridized carbons (Fsp3) is 0.0870. The lowest BCUT2D eigenvalue weighted by Crippen LogP contribution is -2.29. The fourth-order valence-electron chi connectivity index (χ4n) is 3.32. The first-order chi connectivity index (χ1) is 14.8. The van der Waals surface area contributed by atoms with Crippen LogP contribution in [-0.4, -0.2) is 22.7 Å². The van der Waals surface area contributed by atoms with Gasteiger partial charge in [0.25, 0.3) is 17.5 Å². The first-order valence-corrected chi connectivity index (χ1v) is 9.35. The number of benzene rings is 3. The van der Waals surface area contributed by atoms with Crippen LogP contribution in [0.25, 0.3) is 0 Å². The second kappa shape index (κ2) is 7.83. The smallest absolute Gasteiger partial charge is 0.338 e. The molecule has 0 saturated carbocycles. The summed E-state index contributed by atoms with van der Waals surface area (Å²) in [6.45, 7) is 1.77. The first kappa shape index (κ1) is 20.0. The normalized spacial score (nSPS) is 12.6. The molecule has 0 aromatic heterocycles. The Morgan fingerprint density at radius 2 is 1.68 bits per heavy atom. The summed E-state index contributed by atoms with van der Waals surface area (Å²) in [5.41, 5.74) is 2.38. The Morgan fingerprint density at radius 1 is 0.968 bits per heavy atom. The van der Waals surface area contributed by atoms with Gasteiger partial charge in [0.05, 0.1) is 27.3 Å². The van der Waals surface area contributed by atoms with Gasteiger partial charge in [-0.25, -0.2) is 9.69 Å². The number of esters is 1. The molecule has 8 heteroatoms. The molecule has 0 spiro atoms. The zero-order valence-corrected chi connectivity index (χ0v) is 16.4. The number of carbonyl (C=O) groups excluding carboxylic acids is 3. The summed E-state index contributed by atoms with van der Waals surface area (Å²) in [5, 5.41) is 10.7. The van der Waals surface area contributed by atoms with Crippen LogP contribution in [0.1, 0.15) is 42.2 Å². The van der Waals surface area contributed by atoms with Crippen molar-refractivity contribution in [1.29, 1.82) is 0 Å². The van der Waals surface area contributed by atoms with E-state index in [-0.39, 0.29) is 29.0 Å². The lowest BCUT2D eigenvalue weighted by Gasteiger charge is -2.14. The minimum absolute atomic E-state index is 0.0601. The number of nitrogens with zero attached hydrogens (tertiary/aromatic N) is 2. The van der Waals surface area contributed by atoms with Crippen LogP contribution in [0.2, 0.25) is 0 Å². The van der Waals surface area contributed by atoms with Crippen LogP contribution < -0.4 is 4.90 Å². The number of amides is 2. The van der Waals surface area contributed by atoms with Gasteiger partial charge in [0, 0.05) is 12.1 Å². The number of nitro groups is 1. The minimum atomic E-state index is -0.671. The minimum Gasteiger partial charge on any atom is -0.457 e. The van der Waals surface area contributed by atoms with Gasteiger partial charge in [-0.05, 0) is 60.5 Å². The lowest BCUT2D eigenvalue weighted by atomic mass is 10.1. The van der Waals surface area contributed by atoms with Crippen molar-refractivity contribution >= 4 is 29.2 Å². The van der Waals surface area contributed by atoms with Gasteiger partial charge in [-0.3, -0.25) is 19.7 Å². The van der Waals surface area contributed by atoms with E-state index in [1.54, 1.807) is 18.2 Å². The van der Waals surface area contributed by atoms with Crippen LogP contribution in [-0.2, 0) is 11.3 Å². The number of anilines is 1. The Bertz CT molecular complexity index is 1230. The van der Waals surface area contributed by atoms with Gasteiger partial charge < -0.3 is 4.74 Å². The number of imide groups is 1. The molecule has 31 heavy (non-hydrogen) atoms. The summed E-state index contributed by atoms with van der Waals surface area (Å²) >= 11 is 0. The van der Waals surface area contributed by atoms with E-state index in [1.165, 1.54) is 42.5 Å². The molecule has 0 radical (unpaired) electrons. The molecule has 8 nitrogen and oxygen atoms in total. The van der Waals surface area contributed by atoms with Gasteiger partial charge in [0.15, 0.2) is 0 Å². The molecule has 0 unspecified atom stereocenters. The largest absolute Gasteiger partial charge is 0.457 e. The predicted molar refractivity (Wildman–Crippen MR) is 111 cm³/mol. The molecule has 4 rings (SSSR count). The average molecular weight is 416 g/mol. The van der Waals surface area contributed by atoms with E-state index in [1.807, 2.05) is 13.0 Å². The molecule has 0 bridgehead atoms. The van der Waals surface area contributed by atoms with Crippen LogP contribution >= 0.6 is 0 Å². The van der Waals surface area contributed by atoms with E-state index >= 15 is 0 Å². The summed E-state index contributed by atoms with van der Waals surface area (Å²) in [7, 11) is 0. The van der Waals surface area contributed by atoms with Crippen molar-refractivity contribution in [2.24, 2.45) is 0 Å². The van der Waals surface area contributed by atoms with Gasteiger partial charge >= 0.3 is 5.97 Å². The van der Waals surface area contributed by atoms with Crippen LogP contribution in [0.5, 0.6) is 0 Å². The third kappa shape index (κ3) is 3.78. The van der Waals surface area contributed by atoms with Crippen molar-refractivity contribution in [3.05, 3.63) is 105 Å². The van der Waals surface area contributed by atoms with Crippen LogP contribution in [0, 0.1) is 17.0 Å². The van der Waals surface area contributed by atoms with E-state index < -0.39 is 22.7 Å². The predicted octanol–water partition coefficient (Wildman–Crippen LogP) is 4.06. The van der Waals surface area contributed by atoms with E-state index in [0.717, 1.165) is 10.5 Å². The Hall–Kier alpha value is -4.33. The van der Waals surface area contributed by atoms with E-state index in [0.29, 0.717) is 11.3 Å². The zero-order chi connectivity index (χ0) is 22.1. The molecule has 0 fully saturated rings. The van der Waals surface area contributed by atoms with Crippen LogP contribution in [0.3, 0.4) is 0 Å². The van der Waals surface area contributed by atoms with Crippen molar-refractivity contribution < 1.29 is 24.0 Å². The Labute approximate surface area is 176 Å². The number of carbonyl (C=O) groups is 3. The Morgan fingerprint density at radius 3 is 2.35 bits per heavy atom. The number of non-ortho nitro benzene ring substituents is 1. The Balaban J connectivity index is 1.51. The molecule has 1 heterocycles. The number of rotatable bonds is 5. The van der Waals surface area contributed by atoms with Crippen molar-refractivity contribution in [3.8, 4) is 0 Å². The molecule has 3 aromatic rings. The summed E-state index contributed by atoms with van der Waals surface area (Å²) < 4.78 is 5.24. The highest BCUT2D eigenvalue weighted by Gasteiger charge is 2.37. The third-order valence-electron chi connectivity index (χ3n) is 4.90. The van der Waals surface area contributed by atoms with Gasteiger partial charge in [-0.2, -0.15) is 0 Å². The van der Waals surface area contributed by atoms with Crippen molar-refractivity contribution in [3.63, 3.8) is 0 Å². The van der Waals surface area contributed by atoms with E-state index in [2.05, 4.69) is 0 Å². The summed E-state index contributed by atoms with van der Waals surface area (Å²) in [6, 6.07) is 16.9. The zero-order valence-electron chi connectivity index (χ0n) is 16.4. The quantitative estimate of drug-likeness (QED) is 0.269. The standard InChI is InChI=1S/C23H16N2O6/c1-14-3-2-4-18(11-14)24-21(26)19-10-7-16(12-20(19)22(24)27)23(28)31-13-15-5-8-17(9-6-15)25(29)30/h2-12H,13H2,1H3. The van der Waals surface area contributed by atoms with Gasteiger partial charge in [-0.15, -0.1) is 0 Å². The van der Waals surface area contributed by atoms with E-state index in [9.17, 15) is 24.5 Å². The first-order valence-electron chi connectivity index (χ1n) is 9.35. The number of fused-ring (bicyclic) bond motifs is 1. The highest BCUT2D eigenvalue weighted by molar-refractivity contribution is 6.34. The van der Waals surface area contributed by atoms with Gasteiger partial charge in [0.2, 0.25) is 0 Å². The van der Waals surface area contributed by atoms with Crippen molar-refractivity contribution in [2.75, 3.05) is 4.90 Å². The topological polar surface area (TPSA) is 107 Å². The second-order valence-electron chi connectivity index (χ2n) is 7.04. The summed E-state index contributed by atoms with van der Waals surface area (Å²) in [6.07, 6.45) is 0. The Kier molecular flexibility index (Phi) is 5.04. The number of ether oxygens (including phenoxy) is 1. The maximum Gasteiger partial charge on any atom is 0.338 e.